The van der Waals surface area contributed by atoms with Gasteiger partial charge < -0.3 is 25.6 Å². The molecule has 0 unspecified atom stereocenters. The minimum atomic E-state index is -0.565. The van der Waals surface area contributed by atoms with E-state index in [1.54, 1.807) is 6.08 Å². The summed E-state index contributed by atoms with van der Waals surface area (Å²) in [6.07, 6.45) is 14.8. The maximum absolute atomic E-state index is 12.8. The molecule has 0 radical (unpaired) electrons. The molecule has 3 aliphatic rings. The number of unbranched alkanes of at least 4 members (excludes halogenated alkanes) is 3. The number of rotatable bonds is 9. The lowest BCUT2D eigenvalue weighted by molar-refractivity contribution is -0.148. The second-order valence-electron chi connectivity index (χ2n) is 8.22. The molecule has 0 aromatic heterocycles. The van der Waals surface area contributed by atoms with Crippen LogP contribution in [0.3, 0.4) is 0 Å². The minimum absolute atomic E-state index is 0.00279. The molecule has 0 spiro atoms. The van der Waals surface area contributed by atoms with Gasteiger partial charge >= 0.3 is 6.03 Å². The Balaban J connectivity index is 1.50. The molecule has 8 heteroatoms. The Kier molecular flexibility index (Phi) is 8.30. The van der Waals surface area contributed by atoms with Crippen molar-refractivity contribution in [2.24, 2.45) is 0 Å². The number of hydrogen-bond donors (Lipinski definition) is 3. The molecule has 0 aromatic carbocycles. The van der Waals surface area contributed by atoms with Crippen LogP contribution in [0, 0.1) is 0 Å². The first-order chi connectivity index (χ1) is 14.6. The molecule has 3 N–H and O–H groups in total. The van der Waals surface area contributed by atoms with Crippen LogP contribution in [-0.2, 0) is 14.3 Å². The SMILES string of the molecule is CCCCC/C=C/C=C/C(=O)N1C[C@@H](CNC(=O)[C@H]2CNC(=O)N2)O[C@H]2CCC[C@@H]21. The molecule has 4 atom stereocenters. The summed E-state index contributed by atoms with van der Waals surface area (Å²) in [7, 11) is 0. The molecule has 3 fully saturated rings. The second-order valence-corrected chi connectivity index (χ2v) is 8.22. The number of hydrogen-bond acceptors (Lipinski definition) is 4. The van der Waals surface area contributed by atoms with Gasteiger partial charge in [-0.2, -0.15) is 0 Å². The van der Waals surface area contributed by atoms with E-state index in [4.69, 9.17) is 4.74 Å². The first-order valence-electron chi connectivity index (χ1n) is 11.2. The summed E-state index contributed by atoms with van der Waals surface area (Å²) in [5.41, 5.74) is 0. The van der Waals surface area contributed by atoms with E-state index in [9.17, 15) is 14.4 Å². The van der Waals surface area contributed by atoms with Crippen LogP contribution in [0.15, 0.2) is 24.3 Å². The van der Waals surface area contributed by atoms with Crippen molar-refractivity contribution in [3.05, 3.63) is 24.3 Å². The summed E-state index contributed by atoms with van der Waals surface area (Å²) in [5, 5.41) is 7.98. The highest BCUT2D eigenvalue weighted by Crippen LogP contribution is 2.31. The third-order valence-corrected chi connectivity index (χ3v) is 5.92. The summed E-state index contributed by atoms with van der Waals surface area (Å²) in [6, 6.07) is -0.785. The number of urea groups is 1. The van der Waals surface area contributed by atoms with E-state index in [0.717, 1.165) is 25.7 Å². The zero-order chi connectivity index (χ0) is 21.3. The molecule has 0 aromatic rings. The van der Waals surface area contributed by atoms with Crippen molar-refractivity contribution in [3.8, 4) is 0 Å². The molecule has 2 heterocycles. The highest BCUT2D eigenvalue weighted by molar-refractivity contribution is 5.90. The average molecular weight is 419 g/mol. The molecule has 1 aliphatic carbocycles. The molecule has 0 bridgehead atoms. The van der Waals surface area contributed by atoms with Crippen molar-refractivity contribution < 1.29 is 19.1 Å². The number of allylic oxidation sites excluding steroid dienone is 3. The predicted octanol–water partition coefficient (Wildman–Crippen LogP) is 1.63. The van der Waals surface area contributed by atoms with E-state index in [2.05, 4.69) is 29.0 Å². The summed E-state index contributed by atoms with van der Waals surface area (Å²) in [4.78, 5) is 38.1. The van der Waals surface area contributed by atoms with E-state index < -0.39 is 6.04 Å². The molecular formula is C22H34N4O4. The summed E-state index contributed by atoms with van der Waals surface area (Å²) in [5.74, 6) is -0.242. The van der Waals surface area contributed by atoms with Gasteiger partial charge in [0.05, 0.1) is 18.2 Å². The lowest BCUT2D eigenvalue weighted by Gasteiger charge is -2.41. The number of carbonyl (C=O) groups excluding carboxylic acids is 3. The molecule has 166 valence electrons. The van der Waals surface area contributed by atoms with Gasteiger partial charge in [-0.3, -0.25) is 9.59 Å². The van der Waals surface area contributed by atoms with Crippen molar-refractivity contribution in [3.63, 3.8) is 0 Å². The molecule has 8 nitrogen and oxygen atoms in total. The van der Waals surface area contributed by atoms with Crippen molar-refractivity contribution in [1.29, 1.82) is 0 Å². The van der Waals surface area contributed by atoms with Crippen LogP contribution in [0.25, 0.3) is 0 Å². The fourth-order valence-electron chi connectivity index (χ4n) is 4.30. The fraction of sp³-hybridized carbons (Fsp3) is 0.682. The molecule has 2 saturated heterocycles. The van der Waals surface area contributed by atoms with Crippen LogP contribution in [0.5, 0.6) is 0 Å². The Morgan fingerprint density at radius 1 is 1.27 bits per heavy atom. The van der Waals surface area contributed by atoms with Crippen molar-refractivity contribution >= 4 is 17.8 Å². The van der Waals surface area contributed by atoms with E-state index in [-0.39, 0.29) is 42.6 Å². The first-order valence-corrected chi connectivity index (χ1v) is 11.2. The van der Waals surface area contributed by atoms with Gasteiger partial charge in [0.1, 0.15) is 6.04 Å². The van der Waals surface area contributed by atoms with Gasteiger partial charge in [0.2, 0.25) is 11.8 Å². The van der Waals surface area contributed by atoms with Crippen LogP contribution in [0.1, 0.15) is 51.9 Å². The van der Waals surface area contributed by atoms with Gasteiger partial charge in [-0.25, -0.2) is 4.79 Å². The Morgan fingerprint density at radius 2 is 2.13 bits per heavy atom. The predicted molar refractivity (Wildman–Crippen MR) is 114 cm³/mol. The molecule has 1 saturated carbocycles. The zero-order valence-corrected chi connectivity index (χ0v) is 17.8. The van der Waals surface area contributed by atoms with Crippen LogP contribution in [0.4, 0.5) is 4.79 Å². The van der Waals surface area contributed by atoms with E-state index >= 15 is 0 Å². The van der Waals surface area contributed by atoms with Gasteiger partial charge in [-0.05, 0) is 32.1 Å². The van der Waals surface area contributed by atoms with Gasteiger partial charge in [0.15, 0.2) is 0 Å². The third kappa shape index (κ3) is 6.08. The standard InChI is InChI=1S/C22H34N4O4/c1-2-3-4-5-6-7-8-12-20(27)26-15-16(30-19-11-9-10-18(19)26)13-23-21(28)17-14-24-22(29)25-17/h6-8,12,16-19H,2-5,9-11,13-15H2,1H3,(H,23,28)(H2,24,25,29)/b7-6+,12-8+/t16-,17-,18+,19+/m1/s1. The van der Waals surface area contributed by atoms with Gasteiger partial charge in [-0.15, -0.1) is 0 Å². The van der Waals surface area contributed by atoms with Crippen LogP contribution in [-0.4, -0.2) is 66.7 Å². The maximum atomic E-state index is 12.8. The highest BCUT2D eigenvalue weighted by Gasteiger charge is 2.41. The van der Waals surface area contributed by atoms with E-state index in [0.29, 0.717) is 13.1 Å². The molecule has 30 heavy (non-hydrogen) atoms. The third-order valence-electron chi connectivity index (χ3n) is 5.92. The Labute approximate surface area is 178 Å². The number of fused-ring (bicyclic) bond motifs is 1. The minimum Gasteiger partial charge on any atom is -0.369 e. The van der Waals surface area contributed by atoms with Gasteiger partial charge in [-0.1, -0.05) is 38.0 Å². The highest BCUT2D eigenvalue weighted by atomic mass is 16.5. The van der Waals surface area contributed by atoms with Gasteiger partial charge in [0.25, 0.3) is 0 Å². The number of morpholine rings is 1. The monoisotopic (exact) mass is 418 g/mol. The molecule has 4 amide bonds. The lowest BCUT2D eigenvalue weighted by Crippen LogP contribution is -2.57. The van der Waals surface area contributed by atoms with Crippen molar-refractivity contribution in [1.82, 2.24) is 20.9 Å². The van der Waals surface area contributed by atoms with Crippen molar-refractivity contribution in [2.45, 2.75) is 76.2 Å². The summed E-state index contributed by atoms with van der Waals surface area (Å²) >= 11 is 0. The van der Waals surface area contributed by atoms with Crippen LogP contribution >= 0.6 is 0 Å². The second kappa shape index (κ2) is 11.2. The maximum Gasteiger partial charge on any atom is 0.315 e. The largest absolute Gasteiger partial charge is 0.369 e. The van der Waals surface area contributed by atoms with Gasteiger partial charge in [0, 0.05) is 25.7 Å². The van der Waals surface area contributed by atoms with Crippen LogP contribution < -0.4 is 16.0 Å². The normalized spacial score (nSPS) is 28.6. The quantitative estimate of drug-likeness (QED) is 0.301. The molecular weight excluding hydrogens is 384 g/mol. The number of ether oxygens (including phenoxy) is 1. The topological polar surface area (TPSA) is 99.8 Å². The van der Waals surface area contributed by atoms with Crippen molar-refractivity contribution in [2.75, 3.05) is 19.6 Å². The first kappa shape index (κ1) is 22.3. The zero-order valence-electron chi connectivity index (χ0n) is 17.8. The summed E-state index contributed by atoms with van der Waals surface area (Å²) < 4.78 is 6.16. The Morgan fingerprint density at radius 3 is 2.90 bits per heavy atom. The number of amides is 4. The number of carbonyl (C=O) groups is 3. The van der Waals surface area contributed by atoms with E-state index in [1.807, 2.05) is 17.1 Å². The number of nitrogens with zero attached hydrogens (tertiary/aromatic N) is 1. The summed E-state index contributed by atoms with van der Waals surface area (Å²) in [6.45, 7) is 3.24. The fourth-order valence-corrected chi connectivity index (χ4v) is 4.30. The lowest BCUT2D eigenvalue weighted by atomic mass is 10.1. The van der Waals surface area contributed by atoms with E-state index in [1.165, 1.54) is 19.3 Å². The number of nitrogens with one attached hydrogen (secondary N) is 3. The smallest absolute Gasteiger partial charge is 0.315 e. The molecule has 3 rings (SSSR count). The average Bonchev–Trinajstić information content (AvgIpc) is 3.39. The molecule has 2 aliphatic heterocycles. The Bertz CT molecular complexity index is 678. The van der Waals surface area contributed by atoms with Crippen LogP contribution in [0.2, 0.25) is 0 Å². The Hall–Kier alpha value is -2.35.